The van der Waals surface area contributed by atoms with Crippen LogP contribution in [0.1, 0.15) is 28.9 Å². The molecule has 1 atom stereocenters. The summed E-state index contributed by atoms with van der Waals surface area (Å²) in [7, 11) is 0. The molecule has 0 fully saturated rings. The second-order valence-electron chi connectivity index (χ2n) is 4.46. The van der Waals surface area contributed by atoms with Gasteiger partial charge in [-0.15, -0.1) is 0 Å². The van der Waals surface area contributed by atoms with Crippen LogP contribution in [0.5, 0.6) is 11.5 Å². The average Bonchev–Trinajstić information content (AvgIpc) is 2.42. The molecule has 2 aromatic carbocycles. The van der Waals surface area contributed by atoms with E-state index in [0.717, 1.165) is 5.56 Å². The minimum Gasteiger partial charge on any atom is -0.504 e. The molecule has 5 nitrogen and oxygen atoms in total. The van der Waals surface area contributed by atoms with E-state index >= 15 is 0 Å². The van der Waals surface area contributed by atoms with Gasteiger partial charge in [0.05, 0.1) is 6.10 Å². The fraction of sp³-hybridized carbons (Fsp3) is 0.133. The highest BCUT2D eigenvalue weighted by atomic mass is 16.3. The molecule has 1 unspecified atom stereocenters. The maximum Gasteiger partial charge on any atom is 0.255 e. The molecule has 0 heterocycles. The zero-order chi connectivity index (χ0) is 14.7. The van der Waals surface area contributed by atoms with Gasteiger partial charge in [0.2, 0.25) is 0 Å². The maximum absolute atomic E-state index is 11.9. The van der Waals surface area contributed by atoms with E-state index in [1.165, 1.54) is 18.2 Å². The molecule has 1 amide bonds. The molecule has 0 radical (unpaired) electrons. The number of aliphatic hydroxyl groups is 1. The van der Waals surface area contributed by atoms with Crippen molar-refractivity contribution in [2.45, 2.75) is 13.0 Å². The van der Waals surface area contributed by atoms with E-state index in [-0.39, 0.29) is 17.1 Å². The van der Waals surface area contributed by atoms with Crippen molar-refractivity contribution < 1.29 is 20.1 Å². The zero-order valence-electron chi connectivity index (χ0n) is 10.9. The van der Waals surface area contributed by atoms with Crippen molar-refractivity contribution >= 4 is 11.6 Å². The van der Waals surface area contributed by atoms with Crippen LogP contribution < -0.4 is 5.32 Å². The van der Waals surface area contributed by atoms with Gasteiger partial charge < -0.3 is 20.6 Å². The Labute approximate surface area is 116 Å². The molecule has 2 aromatic rings. The summed E-state index contributed by atoms with van der Waals surface area (Å²) in [4.78, 5) is 11.9. The van der Waals surface area contributed by atoms with Crippen molar-refractivity contribution in [3.8, 4) is 11.5 Å². The monoisotopic (exact) mass is 273 g/mol. The molecule has 0 bridgehead atoms. The number of phenols is 2. The van der Waals surface area contributed by atoms with Gasteiger partial charge in [0.1, 0.15) is 0 Å². The van der Waals surface area contributed by atoms with Gasteiger partial charge in [-0.3, -0.25) is 4.79 Å². The first-order valence-corrected chi connectivity index (χ1v) is 6.08. The van der Waals surface area contributed by atoms with Crippen LogP contribution in [0.25, 0.3) is 0 Å². The van der Waals surface area contributed by atoms with Crippen LogP contribution in [0.15, 0.2) is 42.5 Å². The summed E-state index contributed by atoms with van der Waals surface area (Å²) < 4.78 is 0. The van der Waals surface area contributed by atoms with Gasteiger partial charge in [0.15, 0.2) is 11.5 Å². The number of nitrogens with one attached hydrogen (secondary N) is 1. The summed E-state index contributed by atoms with van der Waals surface area (Å²) in [5.41, 5.74) is 1.57. The minimum atomic E-state index is -0.561. The summed E-state index contributed by atoms with van der Waals surface area (Å²) in [6.45, 7) is 1.66. The van der Waals surface area contributed by atoms with E-state index in [2.05, 4.69) is 5.32 Å². The first kappa shape index (κ1) is 13.9. The van der Waals surface area contributed by atoms with E-state index in [1.807, 2.05) is 0 Å². The molecule has 0 saturated carbocycles. The Bertz CT molecular complexity index is 620. The van der Waals surface area contributed by atoms with Gasteiger partial charge >= 0.3 is 0 Å². The Hall–Kier alpha value is -2.53. The summed E-state index contributed by atoms with van der Waals surface area (Å²) >= 11 is 0. The Balaban J connectivity index is 2.12. The standard InChI is InChI=1S/C15H15NO4/c1-9(17)10-2-5-12(6-3-10)16-15(20)11-4-7-13(18)14(19)8-11/h2-9,17-19H,1H3,(H,16,20). The molecular formula is C15H15NO4. The van der Waals surface area contributed by atoms with E-state index in [4.69, 9.17) is 0 Å². The van der Waals surface area contributed by atoms with Gasteiger partial charge in [-0.05, 0) is 42.8 Å². The van der Waals surface area contributed by atoms with Crippen LogP contribution in [-0.2, 0) is 0 Å². The number of rotatable bonds is 3. The Kier molecular flexibility index (Phi) is 3.91. The molecule has 0 aromatic heterocycles. The molecule has 0 aliphatic heterocycles. The Morgan fingerprint density at radius 2 is 1.70 bits per heavy atom. The highest BCUT2D eigenvalue weighted by Gasteiger charge is 2.09. The molecular weight excluding hydrogens is 258 g/mol. The van der Waals surface area contributed by atoms with Gasteiger partial charge in [-0.2, -0.15) is 0 Å². The number of carbonyl (C=O) groups excluding carboxylic acids is 1. The summed E-state index contributed by atoms with van der Waals surface area (Å²) in [6.07, 6.45) is -0.561. The average molecular weight is 273 g/mol. The van der Waals surface area contributed by atoms with E-state index < -0.39 is 12.0 Å². The third-order valence-electron chi connectivity index (χ3n) is 2.89. The second-order valence-corrected chi connectivity index (χ2v) is 4.46. The fourth-order valence-electron chi connectivity index (χ4n) is 1.71. The molecule has 0 aliphatic rings. The van der Waals surface area contributed by atoms with Crippen molar-refractivity contribution in [1.82, 2.24) is 0 Å². The van der Waals surface area contributed by atoms with Gasteiger partial charge in [0, 0.05) is 11.3 Å². The van der Waals surface area contributed by atoms with Crippen LogP contribution in [-0.4, -0.2) is 21.2 Å². The summed E-state index contributed by atoms with van der Waals surface area (Å²) in [6, 6.07) is 10.6. The van der Waals surface area contributed by atoms with Crippen molar-refractivity contribution in [2.75, 3.05) is 5.32 Å². The third kappa shape index (κ3) is 3.07. The van der Waals surface area contributed by atoms with Crippen molar-refractivity contribution in [1.29, 1.82) is 0 Å². The topological polar surface area (TPSA) is 89.8 Å². The lowest BCUT2D eigenvalue weighted by molar-refractivity contribution is 0.102. The SMILES string of the molecule is CC(O)c1ccc(NC(=O)c2ccc(O)c(O)c2)cc1. The maximum atomic E-state index is 11.9. The summed E-state index contributed by atoms with van der Waals surface area (Å²) in [5.74, 6) is -1.02. The van der Waals surface area contributed by atoms with Gasteiger partial charge in [-0.25, -0.2) is 0 Å². The number of phenolic OH excluding ortho intramolecular Hbond substituents is 2. The first-order chi connectivity index (χ1) is 9.47. The molecule has 104 valence electrons. The molecule has 20 heavy (non-hydrogen) atoms. The lowest BCUT2D eigenvalue weighted by Crippen LogP contribution is -2.11. The van der Waals surface area contributed by atoms with E-state index in [1.54, 1.807) is 31.2 Å². The highest BCUT2D eigenvalue weighted by molar-refractivity contribution is 6.04. The van der Waals surface area contributed by atoms with Gasteiger partial charge in [-0.1, -0.05) is 12.1 Å². The number of aliphatic hydroxyl groups excluding tert-OH is 1. The largest absolute Gasteiger partial charge is 0.504 e. The lowest BCUT2D eigenvalue weighted by atomic mass is 10.1. The van der Waals surface area contributed by atoms with Crippen LogP contribution in [0.3, 0.4) is 0 Å². The number of hydrogen-bond donors (Lipinski definition) is 4. The van der Waals surface area contributed by atoms with Crippen molar-refractivity contribution in [3.63, 3.8) is 0 Å². The number of carbonyl (C=O) groups is 1. The Morgan fingerprint density at radius 1 is 1.05 bits per heavy atom. The third-order valence-corrected chi connectivity index (χ3v) is 2.89. The molecule has 0 spiro atoms. The predicted molar refractivity (Wildman–Crippen MR) is 74.8 cm³/mol. The zero-order valence-corrected chi connectivity index (χ0v) is 10.9. The Morgan fingerprint density at radius 3 is 2.25 bits per heavy atom. The predicted octanol–water partition coefficient (Wildman–Crippen LogP) is 2.40. The number of anilines is 1. The number of amides is 1. The van der Waals surface area contributed by atoms with Crippen LogP contribution in [0.4, 0.5) is 5.69 Å². The first-order valence-electron chi connectivity index (χ1n) is 6.08. The quantitative estimate of drug-likeness (QED) is 0.646. The lowest BCUT2D eigenvalue weighted by Gasteiger charge is -2.08. The van der Waals surface area contributed by atoms with Crippen molar-refractivity contribution in [2.24, 2.45) is 0 Å². The van der Waals surface area contributed by atoms with Crippen LogP contribution in [0, 0.1) is 0 Å². The number of aromatic hydroxyl groups is 2. The highest BCUT2D eigenvalue weighted by Crippen LogP contribution is 2.25. The molecule has 4 N–H and O–H groups in total. The van der Waals surface area contributed by atoms with Gasteiger partial charge in [0.25, 0.3) is 5.91 Å². The molecule has 5 heteroatoms. The second kappa shape index (κ2) is 5.63. The molecule has 2 rings (SSSR count). The molecule has 0 saturated heterocycles. The summed E-state index contributed by atoms with van der Waals surface area (Å²) in [5, 5.41) is 30.6. The van der Waals surface area contributed by atoms with E-state index in [0.29, 0.717) is 5.69 Å². The number of hydrogen-bond acceptors (Lipinski definition) is 4. The molecule has 0 aliphatic carbocycles. The van der Waals surface area contributed by atoms with E-state index in [9.17, 15) is 20.1 Å². The van der Waals surface area contributed by atoms with Crippen LogP contribution in [0.2, 0.25) is 0 Å². The smallest absolute Gasteiger partial charge is 0.255 e. The van der Waals surface area contributed by atoms with Crippen molar-refractivity contribution in [3.05, 3.63) is 53.6 Å². The normalized spacial score (nSPS) is 11.9. The fourth-order valence-corrected chi connectivity index (χ4v) is 1.71. The van der Waals surface area contributed by atoms with Crippen LogP contribution >= 0.6 is 0 Å². The minimum absolute atomic E-state index is 0.236. The number of benzene rings is 2.